The molecule has 0 saturated carbocycles. The molecule has 0 aliphatic carbocycles. The van der Waals surface area contributed by atoms with Gasteiger partial charge in [0.25, 0.3) is 0 Å². The van der Waals surface area contributed by atoms with Crippen LogP contribution in [0.4, 0.5) is 0 Å². The van der Waals surface area contributed by atoms with E-state index < -0.39 is 0 Å². The molecule has 110 valence electrons. The minimum atomic E-state index is 0.710. The summed E-state index contributed by atoms with van der Waals surface area (Å²) in [4.78, 5) is 0. The van der Waals surface area contributed by atoms with Crippen molar-refractivity contribution in [2.24, 2.45) is 5.92 Å². The van der Waals surface area contributed by atoms with Crippen molar-refractivity contribution in [2.75, 3.05) is 18.1 Å². The molecule has 1 N–H and O–H groups in total. The van der Waals surface area contributed by atoms with E-state index in [1.807, 2.05) is 23.5 Å². The molecule has 1 fully saturated rings. The molecule has 0 amide bonds. The SMILES string of the molecule is CC(C=C1SCCCS1)CCCNCc1ccccc1. The summed E-state index contributed by atoms with van der Waals surface area (Å²) in [5, 5.41) is 3.53. The van der Waals surface area contributed by atoms with Crippen LogP contribution in [0.2, 0.25) is 0 Å². The molecule has 20 heavy (non-hydrogen) atoms. The highest BCUT2D eigenvalue weighted by Crippen LogP contribution is 2.35. The van der Waals surface area contributed by atoms with Gasteiger partial charge < -0.3 is 5.32 Å². The van der Waals surface area contributed by atoms with E-state index in [-0.39, 0.29) is 0 Å². The predicted molar refractivity (Wildman–Crippen MR) is 94.2 cm³/mol. The standard InChI is InChI=1S/C17H25NS2/c1-15(13-17-19-11-6-12-20-17)7-5-10-18-14-16-8-3-2-4-9-16/h2-4,8-9,13,15,18H,5-7,10-12,14H2,1H3. The second-order valence-electron chi connectivity index (χ2n) is 5.32. The number of allylic oxidation sites excluding steroid dienone is 1. The first-order chi connectivity index (χ1) is 9.84. The van der Waals surface area contributed by atoms with Crippen LogP contribution < -0.4 is 5.32 Å². The Morgan fingerprint density at radius 3 is 2.70 bits per heavy atom. The van der Waals surface area contributed by atoms with Crippen LogP contribution in [0, 0.1) is 5.92 Å². The molecule has 1 aliphatic rings. The van der Waals surface area contributed by atoms with Crippen LogP contribution >= 0.6 is 23.5 Å². The fourth-order valence-electron chi connectivity index (χ4n) is 2.24. The van der Waals surface area contributed by atoms with E-state index >= 15 is 0 Å². The average molecular weight is 308 g/mol. The monoisotopic (exact) mass is 307 g/mol. The first-order valence-electron chi connectivity index (χ1n) is 7.56. The van der Waals surface area contributed by atoms with Crippen molar-refractivity contribution >= 4 is 23.5 Å². The molecule has 1 heterocycles. The third kappa shape index (κ3) is 6.38. The molecule has 0 radical (unpaired) electrons. The maximum absolute atomic E-state index is 3.53. The number of hydrogen-bond acceptors (Lipinski definition) is 3. The van der Waals surface area contributed by atoms with Gasteiger partial charge in [-0.3, -0.25) is 0 Å². The van der Waals surface area contributed by atoms with Crippen LogP contribution in [0.15, 0.2) is 40.6 Å². The van der Waals surface area contributed by atoms with Gasteiger partial charge in [-0.2, -0.15) is 0 Å². The van der Waals surface area contributed by atoms with Gasteiger partial charge in [-0.05, 0) is 48.8 Å². The maximum atomic E-state index is 3.53. The highest BCUT2D eigenvalue weighted by atomic mass is 32.2. The van der Waals surface area contributed by atoms with E-state index in [2.05, 4.69) is 48.6 Å². The van der Waals surface area contributed by atoms with Crippen molar-refractivity contribution < 1.29 is 0 Å². The number of benzene rings is 1. The minimum Gasteiger partial charge on any atom is -0.313 e. The van der Waals surface area contributed by atoms with E-state index in [9.17, 15) is 0 Å². The summed E-state index contributed by atoms with van der Waals surface area (Å²) in [7, 11) is 0. The molecule has 1 aliphatic heterocycles. The summed E-state index contributed by atoms with van der Waals surface area (Å²) in [6, 6.07) is 10.6. The Balaban J connectivity index is 1.56. The third-order valence-electron chi connectivity index (χ3n) is 3.38. The molecule has 1 unspecified atom stereocenters. The fraction of sp³-hybridized carbons (Fsp3) is 0.529. The van der Waals surface area contributed by atoms with Gasteiger partial charge in [-0.25, -0.2) is 0 Å². The molecule has 0 spiro atoms. The van der Waals surface area contributed by atoms with Crippen LogP contribution in [0.3, 0.4) is 0 Å². The first kappa shape index (κ1) is 16.0. The largest absolute Gasteiger partial charge is 0.313 e. The molecule has 1 aromatic carbocycles. The lowest BCUT2D eigenvalue weighted by Gasteiger charge is -2.15. The zero-order valence-corrected chi connectivity index (χ0v) is 13.9. The van der Waals surface area contributed by atoms with Crippen molar-refractivity contribution in [3.05, 3.63) is 46.2 Å². The van der Waals surface area contributed by atoms with Gasteiger partial charge in [0.2, 0.25) is 0 Å². The first-order valence-corrected chi connectivity index (χ1v) is 9.54. The molecular weight excluding hydrogens is 282 g/mol. The highest BCUT2D eigenvalue weighted by molar-refractivity contribution is 8.22. The molecule has 0 aromatic heterocycles. The van der Waals surface area contributed by atoms with E-state index in [0.717, 1.165) is 13.1 Å². The van der Waals surface area contributed by atoms with Crippen molar-refractivity contribution in [3.63, 3.8) is 0 Å². The number of nitrogens with one attached hydrogen (secondary N) is 1. The van der Waals surface area contributed by atoms with Crippen molar-refractivity contribution in [2.45, 2.75) is 32.7 Å². The summed E-state index contributed by atoms with van der Waals surface area (Å²) < 4.78 is 1.56. The molecule has 1 aromatic rings. The molecule has 0 bridgehead atoms. The van der Waals surface area contributed by atoms with E-state index in [4.69, 9.17) is 0 Å². The van der Waals surface area contributed by atoms with Gasteiger partial charge in [0, 0.05) is 10.8 Å². The Hall–Kier alpha value is -0.380. The molecule has 1 nitrogen and oxygen atoms in total. The summed E-state index contributed by atoms with van der Waals surface area (Å²) in [5.41, 5.74) is 1.37. The minimum absolute atomic E-state index is 0.710. The summed E-state index contributed by atoms with van der Waals surface area (Å²) in [6.45, 7) is 4.45. The quantitative estimate of drug-likeness (QED) is 0.719. The highest BCUT2D eigenvalue weighted by Gasteiger charge is 2.08. The van der Waals surface area contributed by atoms with Gasteiger partial charge in [0.1, 0.15) is 0 Å². The maximum Gasteiger partial charge on any atom is 0.0363 e. The molecule has 1 saturated heterocycles. The number of hydrogen-bond donors (Lipinski definition) is 1. The second-order valence-corrected chi connectivity index (χ2v) is 7.85. The van der Waals surface area contributed by atoms with Crippen LogP contribution in [0.25, 0.3) is 0 Å². The van der Waals surface area contributed by atoms with Gasteiger partial charge in [-0.15, -0.1) is 23.5 Å². The number of rotatable bonds is 7. The van der Waals surface area contributed by atoms with Crippen molar-refractivity contribution in [3.8, 4) is 0 Å². The zero-order chi connectivity index (χ0) is 14.0. The zero-order valence-electron chi connectivity index (χ0n) is 12.3. The van der Waals surface area contributed by atoms with Crippen molar-refractivity contribution in [1.82, 2.24) is 5.32 Å². The number of thioether (sulfide) groups is 2. The third-order valence-corrected chi connectivity index (χ3v) is 5.92. The summed E-state index contributed by atoms with van der Waals surface area (Å²) >= 11 is 4.08. The van der Waals surface area contributed by atoms with E-state index in [1.165, 1.54) is 36.3 Å². The molecule has 1 atom stereocenters. The Bertz CT molecular complexity index is 395. The Kier molecular flexibility index (Phi) is 7.63. The Morgan fingerprint density at radius 2 is 1.95 bits per heavy atom. The van der Waals surface area contributed by atoms with Crippen LogP contribution in [0.5, 0.6) is 0 Å². The summed E-state index contributed by atoms with van der Waals surface area (Å²) in [6.07, 6.45) is 6.38. The van der Waals surface area contributed by atoms with E-state index in [0.29, 0.717) is 5.92 Å². The van der Waals surface area contributed by atoms with Gasteiger partial charge >= 0.3 is 0 Å². The van der Waals surface area contributed by atoms with Crippen molar-refractivity contribution in [1.29, 1.82) is 0 Å². The normalized spacial score (nSPS) is 16.9. The fourth-order valence-corrected chi connectivity index (χ4v) is 4.89. The lowest BCUT2D eigenvalue weighted by molar-refractivity contribution is 0.562. The molecule has 3 heteroatoms. The second kappa shape index (κ2) is 9.54. The Morgan fingerprint density at radius 1 is 1.20 bits per heavy atom. The lowest BCUT2D eigenvalue weighted by Crippen LogP contribution is -2.15. The lowest BCUT2D eigenvalue weighted by atomic mass is 10.1. The van der Waals surface area contributed by atoms with Crippen LogP contribution in [-0.4, -0.2) is 18.1 Å². The summed E-state index contributed by atoms with van der Waals surface area (Å²) in [5.74, 6) is 3.33. The average Bonchev–Trinajstić information content (AvgIpc) is 2.49. The van der Waals surface area contributed by atoms with Gasteiger partial charge in [0.05, 0.1) is 0 Å². The smallest absolute Gasteiger partial charge is 0.0363 e. The van der Waals surface area contributed by atoms with E-state index in [1.54, 1.807) is 4.24 Å². The molecular formula is C17H25NS2. The van der Waals surface area contributed by atoms with Gasteiger partial charge in [-0.1, -0.05) is 43.3 Å². The molecule has 2 rings (SSSR count). The van der Waals surface area contributed by atoms with Gasteiger partial charge in [0.15, 0.2) is 0 Å². The topological polar surface area (TPSA) is 12.0 Å². The Labute approximate surface area is 132 Å². The van der Waals surface area contributed by atoms with Crippen LogP contribution in [-0.2, 0) is 6.54 Å². The predicted octanol–water partition coefficient (Wildman–Crippen LogP) is 4.90. The van der Waals surface area contributed by atoms with Crippen LogP contribution in [0.1, 0.15) is 31.7 Å².